The van der Waals surface area contributed by atoms with E-state index in [0.29, 0.717) is 11.1 Å². The second-order valence-corrected chi connectivity index (χ2v) is 8.97. The van der Waals surface area contributed by atoms with Gasteiger partial charge in [0.15, 0.2) is 6.10 Å². The standard InChI is InChI=1S/C24H27O8P/c1-3-28-33(27,29-4-2)16-15-20-17-21(31-22(25)18-11-7-5-8-12-18)24(30-20)32-23(26)19-13-9-6-10-14-19/h5-16,20-21,24H,3-4,17H2,1-2H3/b16-15+/t20-,21?,24?/m1/s1. The summed E-state index contributed by atoms with van der Waals surface area (Å²) in [5.41, 5.74) is 0.701. The maximum absolute atomic E-state index is 12.7. The molecular weight excluding hydrogens is 447 g/mol. The maximum atomic E-state index is 12.7. The lowest BCUT2D eigenvalue weighted by molar-refractivity contribution is -0.130. The summed E-state index contributed by atoms with van der Waals surface area (Å²) < 4.78 is 40.1. The first kappa shape index (κ1) is 24.9. The summed E-state index contributed by atoms with van der Waals surface area (Å²) >= 11 is 0. The van der Waals surface area contributed by atoms with Crippen molar-refractivity contribution in [1.29, 1.82) is 0 Å². The molecule has 176 valence electrons. The SMILES string of the molecule is CCOP(=O)(/C=C/[C@@H]1CC(OC(=O)c2ccccc2)C(OC(=O)c2ccccc2)O1)OCC. The zero-order valence-corrected chi connectivity index (χ0v) is 19.4. The van der Waals surface area contributed by atoms with Crippen LogP contribution in [0.3, 0.4) is 0 Å². The van der Waals surface area contributed by atoms with Crippen molar-refractivity contribution in [2.75, 3.05) is 13.2 Å². The normalized spacial score (nSPS) is 20.6. The fourth-order valence-corrected chi connectivity index (χ4v) is 4.57. The van der Waals surface area contributed by atoms with Crippen molar-refractivity contribution in [1.82, 2.24) is 0 Å². The molecule has 0 amide bonds. The second kappa shape index (κ2) is 11.9. The average Bonchev–Trinajstić information content (AvgIpc) is 3.20. The minimum Gasteiger partial charge on any atom is -0.452 e. The number of benzene rings is 2. The van der Waals surface area contributed by atoms with E-state index in [-0.39, 0.29) is 19.6 Å². The van der Waals surface area contributed by atoms with Crippen LogP contribution in [-0.4, -0.2) is 43.7 Å². The van der Waals surface area contributed by atoms with Gasteiger partial charge in [-0.3, -0.25) is 4.57 Å². The summed E-state index contributed by atoms with van der Waals surface area (Å²) in [4.78, 5) is 25.1. The van der Waals surface area contributed by atoms with Gasteiger partial charge in [-0.05, 0) is 44.2 Å². The molecule has 3 rings (SSSR count). The van der Waals surface area contributed by atoms with Gasteiger partial charge in [0.2, 0.25) is 6.29 Å². The van der Waals surface area contributed by atoms with Gasteiger partial charge in [-0.1, -0.05) is 36.4 Å². The van der Waals surface area contributed by atoms with Crippen molar-refractivity contribution in [3.8, 4) is 0 Å². The van der Waals surface area contributed by atoms with Crippen LogP contribution in [0, 0.1) is 0 Å². The van der Waals surface area contributed by atoms with Crippen LogP contribution in [0.4, 0.5) is 0 Å². The van der Waals surface area contributed by atoms with Gasteiger partial charge >= 0.3 is 19.5 Å². The maximum Gasteiger partial charge on any atom is 0.353 e. The summed E-state index contributed by atoms with van der Waals surface area (Å²) in [6.07, 6.45) is -0.926. The molecule has 0 spiro atoms. The molecule has 0 N–H and O–H groups in total. The van der Waals surface area contributed by atoms with Crippen molar-refractivity contribution in [2.45, 2.75) is 38.8 Å². The molecule has 1 fully saturated rings. The van der Waals surface area contributed by atoms with Crippen molar-refractivity contribution in [3.05, 3.63) is 83.7 Å². The lowest BCUT2D eigenvalue weighted by atomic mass is 10.2. The van der Waals surface area contributed by atoms with Crippen LogP contribution in [0.2, 0.25) is 0 Å². The number of hydrogen-bond acceptors (Lipinski definition) is 8. The van der Waals surface area contributed by atoms with Crippen molar-refractivity contribution in [2.24, 2.45) is 0 Å². The number of esters is 2. The Bertz CT molecular complexity index is 921. The lowest BCUT2D eigenvalue weighted by Gasteiger charge is -2.19. The quantitative estimate of drug-likeness (QED) is 0.352. The molecule has 2 unspecified atom stereocenters. The van der Waals surface area contributed by atoms with Gasteiger partial charge < -0.3 is 23.3 Å². The molecule has 33 heavy (non-hydrogen) atoms. The lowest BCUT2D eigenvalue weighted by Crippen LogP contribution is -2.31. The van der Waals surface area contributed by atoms with E-state index in [9.17, 15) is 14.2 Å². The van der Waals surface area contributed by atoms with E-state index in [1.54, 1.807) is 74.5 Å². The minimum absolute atomic E-state index is 0.195. The van der Waals surface area contributed by atoms with Crippen LogP contribution in [0.1, 0.15) is 41.0 Å². The smallest absolute Gasteiger partial charge is 0.353 e. The predicted octanol–water partition coefficient (Wildman–Crippen LogP) is 4.96. The van der Waals surface area contributed by atoms with Crippen LogP contribution in [0.15, 0.2) is 72.6 Å². The van der Waals surface area contributed by atoms with Crippen molar-refractivity contribution >= 4 is 19.5 Å². The summed E-state index contributed by atoms with van der Waals surface area (Å²) in [7, 11) is -3.44. The van der Waals surface area contributed by atoms with Gasteiger partial charge in [-0.25, -0.2) is 9.59 Å². The number of carbonyl (C=O) groups is 2. The van der Waals surface area contributed by atoms with Crippen molar-refractivity contribution < 1.29 is 37.4 Å². The van der Waals surface area contributed by atoms with Crippen LogP contribution in [-0.2, 0) is 27.8 Å². The van der Waals surface area contributed by atoms with Gasteiger partial charge in [0.05, 0.1) is 30.4 Å². The third-order valence-corrected chi connectivity index (χ3v) is 6.45. The summed E-state index contributed by atoms with van der Waals surface area (Å²) in [5, 5.41) is 0. The molecule has 0 radical (unpaired) electrons. The Hall–Kier alpha value is -2.77. The highest BCUT2D eigenvalue weighted by molar-refractivity contribution is 7.57. The first-order valence-corrected chi connectivity index (χ1v) is 12.3. The van der Waals surface area contributed by atoms with Gasteiger partial charge in [-0.15, -0.1) is 0 Å². The molecule has 9 heteroatoms. The van der Waals surface area contributed by atoms with E-state index in [1.165, 1.54) is 11.9 Å². The molecule has 0 saturated carbocycles. The van der Waals surface area contributed by atoms with Gasteiger partial charge in [0, 0.05) is 12.2 Å². The Balaban J connectivity index is 1.75. The average molecular weight is 474 g/mol. The topological polar surface area (TPSA) is 97.4 Å². The molecule has 1 aliphatic rings. The molecule has 1 aliphatic heterocycles. The summed E-state index contributed by atoms with van der Waals surface area (Å²) in [6.45, 7) is 3.84. The van der Waals surface area contributed by atoms with E-state index in [1.807, 2.05) is 0 Å². The monoisotopic (exact) mass is 474 g/mol. The molecule has 2 aromatic rings. The predicted molar refractivity (Wildman–Crippen MR) is 121 cm³/mol. The van der Waals surface area contributed by atoms with E-state index in [4.69, 9.17) is 23.3 Å². The number of hydrogen-bond donors (Lipinski definition) is 0. The third-order valence-electron chi connectivity index (χ3n) is 4.68. The van der Waals surface area contributed by atoms with Crippen LogP contribution in [0.5, 0.6) is 0 Å². The van der Waals surface area contributed by atoms with E-state index >= 15 is 0 Å². The largest absolute Gasteiger partial charge is 0.452 e. The fraction of sp³-hybridized carbons (Fsp3) is 0.333. The highest BCUT2D eigenvalue weighted by atomic mass is 31.2. The Labute approximate surface area is 193 Å². The van der Waals surface area contributed by atoms with Crippen LogP contribution in [0.25, 0.3) is 0 Å². The molecule has 0 bridgehead atoms. The molecule has 8 nitrogen and oxygen atoms in total. The second-order valence-electron chi connectivity index (χ2n) is 7.08. The third kappa shape index (κ3) is 7.11. The van der Waals surface area contributed by atoms with Crippen molar-refractivity contribution in [3.63, 3.8) is 0 Å². The highest BCUT2D eigenvalue weighted by Gasteiger charge is 2.40. The van der Waals surface area contributed by atoms with Gasteiger partial charge in [0.25, 0.3) is 0 Å². The zero-order valence-electron chi connectivity index (χ0n) is 18.5. The molecule has 1 heterocycles. The Morgan fingerprint density at radius 2 is 1.42 bits per heavy atom. The molecule has 3 atom stereocenters. The van der Waals surface area contributed by atoms with E-state index in [0.717, 1.165) is 0 Å². The Morgan fingerprint density at radius 3 is 1.94 bits per heavy atom. The molecular formula is C24H27O8P. The van der Waals surface area contributed by atoms with Gasteiger partial charge in [-0.2, -0.15) is 0 Å². The molecule has 0 aliphatic carbocycles. The molecule has 0 aromatic heterocycles. The Kier molecular flexibility index (Phi) is 8.97. The molecule has 2 aromatic carbocycles. The summed E-state index contributed by atoms with van der Waals surface area (Å²) in [6, 6.07) is 16.9. The minimum atomic E-state index is -3.44. The van der Waals surface area contributed by atoms with E-state index < -0.39 is 38.0 Å². The molecule has 1 saturated heterocycles. The first-order valence-electron chi connectivity index (χ1n) is 10.7. The van der Waals surface area contributed by atoms with Crippen LogP contribution >= 0.6 is 7.60 Å². The number of carbonyl (C=O) groups excluding carboxylic acids is 2. The highest BCUT2D eigenvalue weighted by Crippen LogP contribution is 2.50. The van der Waals surface area contributed by atoms with Crippen LogP contribution < -0.4 is 0 Å². The number of rotatable bonds is 10. The summed E-state index contributed by atoms with van der Waals surface area (Å²) in [5.74, 6) is 0.145. The van der Waals surface area contributed by atoms with Gasteiger partial charge in [0.1, 0.15) is 0 Å². The fourth-order valence-electron chi connectivity index (χ4n) is 3.20. The number of ether oxygens (including phenoxy) is 3. The van der Waals surface area contributed by atoms with E-state index in [2.05, 4.69) is 0 Å². The Morgan fingerprint density at radius 1 is 0.909 bits per heavy atom. The first-order chi connectivity index (χ1) is 15.9. The zero-order chi connectivity index (χ0) is 23.7.